The van der Waals surface area contributed by atoms with Gasteiger partial charge in [0.2, 0.25) is 12.1 Å². The van der Waals surface area contributed by atoms with E-state index in [0.717, 1.165) is 5.56 Å². The number of urea groups is 1. The van der Waals surface area contributed by atoms with Crippen LogP contribution in [0.25, 0.3) is 11.3 Å². The minimum absolute atomic E-state index is 0.157. The van der Waals surface area contributed by atoms with Crippen LogP contribution < -0.4 is 10.6 Å². The number of aliphatic hydroxyl groups is 1. The number of nitrogens with one attached hydrogen (secondary N) is 2. The molecule has 0 saturated carbocycles. The number of hydrogen-bond donors (Lipinski definition) is 3. The van der Waals surface area contributed by atoms with Crippen LogP contribution in [0.15, 0.2) is 45.9 Å². The Hall–Kier alpha value is -3.46. The number of nitrogens with zero attached hydrogens (tertiary/aromatic N) is 2. The molecule has 1 atom stereocenters. The number of carbonyl (C=O) groups excluding carboxylic acids is 3. The van der Waals surface area contributed by atoms with Gasteiger partial charge >= 0.3 is 6.03 Å². The summed E-state index contributed by atoms with van der Waals surface area (Å²) in [6, 6.07) is 9.56. The highest BCUT2D eigenvalue weighted by molar-refractivity contribution is 6.03. The molecule has 128 valence electrons. The zero-order chi connectivity index (χ0) is 18.0. The molecule has 1 aliphatic rings. The van der Waals surface area contributed by atoms with Crippen LogP contribution in [0.1, 0.15) is 12.7 Å². The summed E-state index contributed by atoms with van der Waals surface area (Å²) >= 11 is 0. The first kappa shape index (κ1) is 16.4. The molecule has 0 spiro atoms. The van der Waals surface area contributed by atoms with Crippen LogP contribution >= 0.6 is 0 Å². The molecule has 3 rings (SSSR count). The fourth-order valence-electron chi connectivity index (χ4n) is 2.18. The van der Waals surface area contributed by atoms with Gasteiger partial charge in [0.05, 0.1) is 6.21 Å². The summed E-state index contributed by atoms with van der Waals surface area (Å²) < 4.78 is 5.59. The fourth-order valence-corrected chi connectivity index (χ4v) is 2.18. The van der Waals surface area contributed by atoms with Crippen LogP contribution in [-0.4, -0.2) is 40.4 Å². The summed E-state index contributed by atoms with van der Waals surface area (Å²) in [4.78, 5) is 33.6. The van der Waals surface area contributed by atoms with E-state index in [4.69, 9.17) is 4.42 Å². The summed E-state index contributed by atoms with van der Waals surface area (Å²) in [5.41, 5.74) is 1.45. The van der Waals surface area contributed by atoms with E-state index < -0.39 is 18.2 Å². The van der Waals surface area contributed by atoms with E-state index >= 15 is 0 Å². The van der Waals surface area contributed by atoms with Crippen molar-refractivity contribution in [3.8, 4) is 11.3 Å². The quantitative estimate of drug-likeness (QED) is 0.567. The number of anilines is 1. The summed E-state index contributed by atoms with van der Waals surface area (Å²) in [6.07, 6.45) is -0.434. The SMILES string of the molecule is CC(=O)Nc1ccc(-c2ccc(/C=N/N3C(=O)NC(=O)C3O)o2)cc1. The van der Waals surface area contributed by atoms with Crippen LogP contribution in [0.3, 0.4) is 0 Å². The molecule has 4 amide bonds. The number of furan rings is 1. The van der Waals surface area contributed by atoms with Crippen molar-refractivity contribution in [1.82, 2.24) is 10.3 Å². The first-order valence-corrected chi connectivity index (χ1v) is 7.28. The Balaban J connectivity index is 1.72. The zero-order valence-electron chi connectivity index (χ0n) is 13.1. The molecule has 0 bridgehead atoms. The van der Waals surface area contributed by atoms with E-state index in [9.17, 15) is 19.5 Å². The minimum atomic E-state index is -1.65. The second-order valence-corrected chi connectivity index (χ2v) is 5.22. The maximum absolute atomic E-state index is 11.4. The number of benzene rings is 1. The number of imide groups is 1. The van der Waals surface area contributed by atoms with Gasteiger partial charge in [-0.2, -0.15) is 10.1 Å². The smallest absolute Gasteiger partial charge is 0.347 e. The first-order valence-electron chi connectivity index (χ1n) is 7.28. The predicted molar refractivity (Wildman–Crippen MR) is 87.4 cm³/mol. The van der Waals surface area contributed by atoms with Crippen molar-refractivity contribution in [2.45, 2.75) is 13.2 Å². The monoisotopic (exact) mass is 342 g/mol. The maximum atomic E-state index is 11.4. The molecule has 0 radical (unpaired) electrons. The Morgan fingerprint density at radius 1 is 1.28 bits per heavy atom. The largest absolute Gasteiger partial charge is 0.455 e. The van der Waals surface area contributed by atoms with E-state index in [1.54, 1.807) is 36.4 Å². The van der Waals surface area contributed by atoms with Gasteiger partial charge in [0.1, 0.15) is 11.5 Å². The molecular weight excluding hydrogens is 328 g/mol. The van der Waals surface area contributed by atoms with Crippen molar-refractivity contribution in [2.75, 3.05) is 5.32 Å². The van der Waals surface area contributed by atoms with Crippen LogP contribution in [0.5, 0.6) is 0 Å². The summed E-state index contributed by atoms with van der Waals surface area (Å²) in [5.74, 6) is -0.101. The van der Waals surface area contributed by atoms with Gasteiger partial charge in [-0.15, -0.1) is 0 Å². The van der Waals surface area contributed by atoms with Crippen molar-refractivity contribution in [3.05, 3.63) is 42.2 Å². The zero-order valence-corrected chi connectivity index (χ0v) is 13.1. The Kier molecular flexibility index (Phi) is 4.31. The molecule has 2 aromatic rings. The topological polar surface area (TPSA) is 124 Å². The van der Waals surface area contributed by atoms with E-state index in [-0.39, 0.29) is 5.91 Å². The Morgan fingerprint density at radius 2 is 2.00 bits per heavy atom. The number of amides is 4. The molecular formula is C16H14N4O5. The van der Waals surface area contributed by atoms with Gasteiger partial charge in [-0.3, -0.25) is 14.9 Å². The number of hydrazone groups is 1. The van der Waals surface area contributed by atoms with Crippen LogP contribution in [0, 0.1) is 0 Å². The van der Waals surface area contributed by atoms with Crippen molar-refractivity contribution in [3.63, 3.8) is 0 Å². The Morgan fingerprint density at radius 3 is 2.60 bits per heavy atom. The molecule has 1 aromatic heterocycles. The van der Waals surface area contributed by atoms with E-state index in [1.165, 1.54) is 13.1 Å². The highest BCUT2D eigenvalue weighted by Gasteiger charge is 2.37. The van der Waals surface area contributed by atoms with E-state index in [0.29, 0.717) is 22.2 Å². The van der Waals surface area contributed by atoms with Crippen molar-refractivity contribution in [2.24, 2.45) is 5.10 Å². The van der Waals surface area contributed by atoms with E-state index in [1.807, 2.05) is 5.32 Å². The fraction of sp³-hybridized carbons (Fsp3) is 0.125. The van der Waals surface area contributed by atoms with Crippen LogP contribution in [0.4, 0.5) is 10.5 Å². The Bertz CT molecular complexity index is 856. The number of rotatable bonds is 4. The van der Waals surface area contributed by atoms with Crippen LogP contribution in [0.2, 0.25) is 0 Å². The normalized spacial score (nSPS) is 17.2. The second kappa shape index (κ2) is 6.57. The summed E-state index contributed by atoms with van der Waals surface area (Å²) in [5, 5.41) is 18.5. The van der Waals surface area contributed by atoms with Gasteiger partial charge in [-0.25, -0.2) is 4.79 Å². The van der Waals surface area contributed by atoms with Crippen molar-refractivity contribution >= 4 is 29.7 Å². The molecule has 2 heterocycles. The predicted octanol–water partition coefficient (Wildman–Crippen LogP) is 1.11. The molecule has 1 unspecified atom stereocenters. The van der Waals surface area contributed by atoms with Gasteiger partial charge in [-0.1, -0.05) is 0 Å². The van der Waals surface area contributed by atoms with E-state index in [2.05, 4.69) is 10.4 Å². The average Bonchev–Trinajstić information content (AvgIpc) is 3.12. The molecule has 0 aliphatic carbocycles. The molecule has 1 aromatic carbocycles. The van der Waals surface area contributed by atoms with Gasteiger partial charge in [0.25, 0.3) is 5.91 Å². The number of hydrogen-bond acceptors (Lipinski definition) is 6. The second-order valence-electron chi connectivity index (χ2n) is 5.22. The number of aliphatic hydroxyl groups excluding tert-OH is 1. The third-order valence-electron chi connectivity index (χ3n) is 3.33. The summed E-state index contributed by atoms with van der Waals surface area (Å²) in [7, 11) is 0. The van der Waals surface area contributed by atoms with Crippen molar-refractivity contribution in [1.29, 1.82) is 0 Å². The molecule has 3 N–H and O–H groups in total. The highest BCUT2D eigenvalue weighted by Crippen LogP contribution is 2.23. The molecule has 9 heteroatoms. The third-order valence-corrected chi connectivity index (χ3v) is 3.33. The lowest BCUT2D eigenvalue weighted by atomic mass is 10.1. The summed E-state index contributed by atoms with van der Waals surface area (Å²) in [6.45, 7) is 1.43. The molecule has 25 heavy (non-hydrogen) atoms. The Labute approximate surface area is 141 Å². The average molecular weight is 342 g/mol. The third kappa shape index (κ3) is 3.56. The molecule has 9 nitrogen and oxygen atoms in total. The molecule has 1 aliphatic heterocycles. The maximum Gasteiger partial charge on any atom is 0.347 e. The standard InChI is InChI=1S/C16H14N4O5/c1-9(21)18-11-4-2-10(3-5-11)13-7-6-12(25-13)8-17-20-15(23)14(22)19-16(20)24/h2-8,15,23H,1H3,(H,18,21)(H,19,22,24)/b17-8+. The van der Waals surface area contributed by atoms with Crippen molar-refractivity contribution < 1.29 is 23.9 Å². The molecule has 1 saturated heterocycles. The first-order chi connectivity index (χ1) is 11.9. The van der Waals surface area contributed by atoms with Gasteiger partial charge in [0, 0.05) is 18.2 Å². The number of carbonyl (C=O) groups is 3. The lowest BCUT2D eigenvalue weighted by Crippen LogP contribution is -2.30. The lowest BCUT2D eigenvalue weighted by Gasteiger charge is -2.08. The van der Waals surface area contributed by atoms with Gasteiger partial charge < -0.3 is 14.8 Å². The molecule has 1 fully saturated rings. The van der Waals surface area contributed by atoms with Crippen LogP contribution in [-0.2, 0) is 9.59 Å². The van der Waals surface area contributed by atoms with Gasteiger partial charge in [-0.05, 0) is 36.4 Å². The lowest BCUT2D eigenvalue weighted by molar-refractivity contribution is -0.130. The minimum Gasteiger partial charge on any atom is -0.455 e. The van der Waals surface area contributed by atoms with Gasteiger partial charge in [0.15, 0.2) is 0 Å². The highest BCUT2D eigenvalue weighted by atomic mass is 16.3.